The number of methoxy groups -OCH3 is 1. The number of esters is 1. The minimum absolute atomic E-state index is 0.101. The highest BCUT2D eigenvalue weighted by molar-refractivity contribution is 6.30. The first-order valence-electron chi connectivity index (χ1n) is 12.4. The number of halogens is 1. The van der Waals surface area contributed by atoms with Crippen LogP contribution in [-0.2, 0) is 20.7 Å². The Kier molecular flexibility index (Phi) is 8.23. The number of amides is 2. The summed E-state index contributed by atoms with van der Waals surface area (Å²) >= 11 is 6.19. The molecule has 0 bridgehead atoms. The molecule has 12 nitrogen and oxygen atoms in total. The fourth-order valence-corrected chi connectivity index (χ4v) is 4.40. The summed E-state index contributed by atoms with van der Waals surface area (Å²) in [6.07, 6.45) is 4.72. The molecule has 208 valence electrons. The van der Waals surface area contributed by atoms with Crippen LogP contribution in [-0.4, -0.2) is 47.5 Å². The fraction of sp³-hybridized carbons (Fsp3) is 0.107. The molecule has 0 fully saturated rings. The number of ether oxygens (including phenoxy) is 1. The summed E-state index contributed by atoms with van der Waals surface area (Å²) in [6, 6.07) is 18.6. The summed E-state index contributed by atoms with van der Waals surface area (Å²) in [5, 5.41) is 18.9. The Morgan fingerprint density at radius 2 is 1.93 bits per heavy atom. The number of anilines is 2. The number of hydrogen-bond acceptors (Lipinski definition) is 9. The summed E-state index contributed by atoms with van der Waals surface area (Å²) in [5.41, 5.74) is 8.80. The molecule has 2 heterocycles. The second-order valence-electron chi connectivity index (χ2n) is 8.94. The monoisotopic (exact) mass is 572 g/mol. The molecule has 0 aliphatic carbocycles. The van der Waals surface area contributed by atoms with Crippen molar-refractivity contribution in [2.45, 2.75) is 12.5 Å². The SMILES string of the molecule is COC(=O)c1n[nH]c2ccc(NC(=O)[C@H](Cc3ccccc3)NC(=O)/C=C/c3cc(Cl)ccc3N3C=NNN3)cc12. The van der Waals surface area contributed by atoms with E-state index in [9.17, 15) is 14.4 Å². The lowest BCUT2D eigenvalue weighted by Crippen LogP contribution is -2.44. The van der Waals surface area contributed by atoms with Crippen LogP contribution in [0.4, 0.5) is 11.4 Å². The van der Waals surface area contributed by atoms with Crippen molar-refractivity contribution in [1.29, 1.82) is 0 Å². The molecule has 1 aliphatic rings. The van der Waals surface area contributed by atoms with Gasteiger partial charge in [0, 0.05) is 34.2 Å². The fourth-order valence-electron chi connectivity index (χ4n) is 4.22. The molecule has 0 saturated carbocycles. The van der Waals surface area contributed by atoms with Crippen LogP contribution in [0.5, 0.6) is 0 Å². The molecule has 3 aromatic carbocycles. The zero-order valence-corrected chi connectivity index (χ0v) is 22.5. The number of aromatic nitrogens is 2. The summed E-state index contributed by atoms with van der Waals surface area (Å²) in [4.78, 5) is 38.5. The number of fused-ring (bicyclic) bond motifs is 1. The number of nitrogens with one attached hydrogen (secondary N) is 5. The molecular formula is C28H25ClN8O4. The van der Waals surface area contributed by atoms with Crippen molar-refractivity contribution < 1.29 is 19.1 Å². The Labute approximate surface area is 239 Å². The average molecular weight is 573 g/mol. The quantitative estimate of drug-likeness (QED) is 0.151. The lowest BCUT2D eigenvalue weighted by molar-refractivity contribution is -0.123. The molecule has 5 N–H and O–H groups in total. The second-order valence-corrected chi connectivity index (χ2v) is 9.38. The van der Waals surface area contributed by atoms with E-state index in [1.54, 1.807) is 47.5 Å². The molecule has 1 atom stereocenters. The molecule has 2 amide bonds. The second kappa shape index (κ2) is 12.3. The summed E-state index contributed by atoms with van der Waals surface area (Å²) in [6.45, 7) is 0. The number of rotatable bonds is 9. The van der Waals surface area contributed by atoms with Gasteiger partial charge in [-0.05, 0) is 48.0 Å². The van der Waals surface area contributed by atoms with Crippen molar-refractivity contribution >= 4 is 64.1 Å². The molecule has 0 radical (unpaired) electrons. The molecule has 1 aromatic heterocycles. The highest BCUT2D eigenvalue weighted by atomic mass is 35.5. The Balaban J connectivity index is 1.35. The van der Waals surface area contributed by atoms with Gasteiger partial charge in [0.25, 0.3) is 0 Å². The summed E-state index contributed by atoms with van der Waals surface area (Å²) in [7, 11) is 1.27. The van der Waals surface area contributed by atoms with E-state index in [4.69, 9.17) is 16.3 Å². The van der Waals surface area contributed by atoms with Crippen LogP contribution in [0.2, 0.25) is 5.02 Å². The molecule has 1 aliphatic heterocycles. The Hall–Kier alpha value is -5.20. The Morgan fingerprint density at radius 1 is 1.10 bits per heavy atom. The summed E-state index contributed by atoms with van der Waals surface area (Å²) in [5.74, 6) is -1.52. The van der Waals surface area contributed by atoms with Gasteiger partial charge in [0.2, 0.25) is 11.8 Å². The van der Waals surface area contributed by atoms with Crippen LogP contribution in [0.15, 0.2) is 77.9 Å². The van der Waals surface area contributed by atoms with E-state index >= 15 is 0 Å². The lowest BCUT2D eigenvalue weighted by Gasteiger charge is -2.18. The molecule has 5 rings (SSSR count). The van der Waals surface area contributed by atoms with E-state index < -0.39 is 23.8 Å². The Morgan fingerprint density at radius 3 is 2.68 bits per heavy atom. The van der Waals surface area contributed by atoms with E-state index in [0.717, 1.165) is 5.56 Å². The lowest BCUT2D eigenvalue weighted by atomic mass is 10.0. The number of hydrazine groups is 2. The van der Waals surface area contributed by atoms with Gasteiger partial charge in [-0.3, -0.25) is 14.7 Å². The van der Waals surface area contributed by atoms with Crippen LogP contribution < -0.4 is 26.7 Å². The van der Waals surface area contributed by atoms with Gasteiger partial charge in [0.05, 0.1) is 18.3 Å². The summed E-state index contributed by atoms with van der Waals surface area (Å²) < 4.78 is 4.78. The third kappa shape index (κ3) is 6.52. The number of nitrogens with zero attached hydrogens (tertiary/aromatic N) is 3. The minimum Gasteiger partial charge on any atom is -0.464 e. The van der Waals surface area contributed by atoms with E-state index in [0.29, 0.717) is 32.9 Å². The smallest absolute Gasteiger partial charge is 0.359 e. The third-order valence-electron chi connectivity index (χ3n) is 6.20. The molecule has 41 heavy (non-hydrogen) atoms. The van der Waals surface area contributed by atoms with Crippen molar-refractivity contribution in [3.05, 3.63) is 94.6 Å². The number of H-pyrrole nitrogens is 1. The largest absolute Gasteiger partial charge is 0.464 e. The maximum atomic E-state index is 13.4. The van der Waals surface area contributed by atoms with Gasteiger partial charge in [-0.2, -0.15) is 10.2 Å². The van der Waals surface area contributed by atoms with Crippen LogP contribution in [0.25, 0.3) is 17.0 Å². The van der Waals surface area contributed by atoms with Gasteiger partial charge >= 0.3 is 5.97 Å². The topological polar surface area (TPSA) is 153 Å². The van der Waals surface area contributed by atoms with Gasteiger partial charge in [0.15, 0.2) is 5.69 Å². The van der Waals surface area contributed by atoms with Crippen LogP contribution >= 0.6 is 11.6 Å². The van der Waals surface area contributed by atoms with Crippen LogP contribution in [0.3, 0.4) is 0 Å². The van der Waals surface area contributed by atoms with E-state index in [1.165, 1.54) is 19.5 Å². The van der Waals surface area contributed by atoms with Crippen molar-refractivity contribution in [3.8, 4) is 0 Å². The van der Waals surface area contributed by atoms with Crippen LogP contribution in [0.1, 0.15) is 21.6 Å². The van der Waals surface area contributed by atoms with Crippen molar-refractivity contribution in [2.24, 2.45) is 5.10 Å². The number of aromatic amines is 1. The molecule has 13 heteroatoms. The highest BCUT2D eigenvalue weighted by Crippen LogP contribution is 2.25. The van der Waals surface area contributed by atoms with Crippen molar-refractivity contribution in [3.63, 3.8) is 0 Å². The first kappa shape index (κ1) is 27.4. The first-order valence-corrected chi connectivity index (χ1v) is 12.8. The zero-order valence-electron chi connectivity index (χ0n) is 21.7. The first-order chi connectivity index (χ1) is 19.9. The Bertz CT molecular complexity index is 1650. The molecule has 4 aromatic rings. The zero-order chi connectivity index (χ0) is 28.8. The molecule has 0 saturated heterocycles. The molecule has 0 unspecified atom stereocenters. The predicted octanol–water partition coefficient (Wildman–Crippen LogP) is 3.15. The van der Waals surface area contributed by atoms with Crippen molar-refractivity contribution in [2.75, 3.05) is 17.4 Å². The number of benzene rings is 3. The highest BCUT2D eigenvalue weighted by Gasteiger charge is 2.22. The minimum atomic E-state index is -0.912. The van der Waals surface area contributed by atoms with E-state index in [1.807, 2.05) is 30.3 Å². The number of carbonyl (C=O) groups is 3. The van der Waals surface area contributed by atoms with Crippen LogP contribution in [0, 0.1) is 0 Å². The number of hydrogen-bond donors (Lipinski definition) is 5. The van der Waals surface area contributed by atoms with Gasteiger partial charge in [0.1, 0.15) is 12.4 Å². The normalized spacial score (nSPS) is 13.3. The maximum Gasteiger partial charge on any atom is 0.359 e. The third-order valence-corrected chi connectivity index (χ3v) is 6.43. The number of hydrazone groups is 1. The number of carbonyl (C=O) groups excluding carboxylic acids is 3. The molecular weight excluding hydrogens is 548 g/mol. The van der Waals surface area contributed by atoms with Gasteiger partial charge in [-0.25, -0.2) is 15.3 Å². The standard InChI is InChI=1S/C28H25ClN8O4/c1-41-28(40)26-21-15-20(9-10-22(21)33-34-26)31-27(39)23(13-17-5-3-2-4-6-17)32-25(38)12-7-18-14-19(29)8-11-24(18)37-16-30-35-36-37/h2-12,14-16,23,35-36H,13H2,1H3,(H,31,39)(H,32,38)(H,33,34)/b12-7+/t23-/m0/s1. The van der Waals surface area contributed by atoms with Gasteiger partial charge in [-0.15, -0.1) is 5.53 Å². The average Bonchev–Trinajstić information content (AvgIpc) is 3.66. The van der Waals surface area contributed by atoms with Gasteiger partial charge < -0.3 is 15.4 Å². The molecule has 0 spiro atoms. The van der Waals surface area contributed by atoms with E-state index in [-0.39, 0.29) is 12.1 Å². The predicted molar refractivity (Wildman–Crippen MR) is 156 cm³/mol. The van der Waals surface area contributed by atoms with Gasteiger partial charge in [-0.1, -0.05) is 41.9 Å². The van der Waals surface area contributed by atoms with E-state index in [2.05, 4.69) is 37.0 Å². The van der Waals surface area contributed by atoms with Crippen molar-refractivity contribution in [1.82, 2.24) is 26.6 Å². The maximum absolute atomic E-state index is 13.4.